The number of ether oxygens (including phenoxy) is 1. The van der Waals surface area contributed by atoms with Crippen molar-refractivity contribution >= 4 is 11.8 Å². The normalized spacial score (nSPS) is 12.3. The Morgan fingerprint density at radius 2 is 1.50 bits per heavy atom. The van der Waals surface area contributed by atoms with Gasteiger partial charge in [-0.05, 0) is 90.9 Å². The Balaban J connectivity index is 1.65. The van der Waals surface area contributed by atoms with Crippen molar-refractivity contribution in [1.29, 1.82) is 0 Å². The highest BCUT2D eigenvalue weighted by molar-refractivity contribution is 6.00. The molecule has 0 spiro atoms. The van der Waals surface area contributed by atoms with Gasteiger partial charge in [-0.2, -0.15) is 0 Å². The second-order valence-corrected chi connectivity index (χ2v) is 12.1. The van der Waals surface area contributed by atoms with Gasteiger partial charge in [-0.3, -0.25) is 9.59 Å². The Kier molecular flexibility index (Phi) is 12.8. The van der Waals surface area contributed by atoms with Gasteiger partial charge in [0.1, 0.15) is 11.6 Å². The Morgan fingerprint density at radius 3 is 2.08 bits per heavy atom. The van der Waals surface area contributed by atoms with Crippen molar-refractivity contribution in [3.63, 3.8) is 0 Å². The number of hydrogen-bond acceptors (Lipinski definition) is 6. The molecular formula is C38H44F2N4O4. The van der Waals surface area contributed by atoms with Gasteiger partial charge in [0.15, 0.2) is 0 Å². The van der Waals surface area contributed by atoms with Gasteiger partial charge >= 0.3 is 0 Å². The van der Waals surface area contributed by atoms with Gasteiger partial charge < -0.3 is 25.4 Å². The Hall–Kier alpha value is -4.67. The largest absolute Gasteiger partial charge is 0.481 e. The number of methoxy groups -OCH3 is 1. The number of aliphatic hydroxyl groups is 1. The minimum atomic E-state index is -1.23. The van der Waals surface area contributed by atoms with Crippen LogP contribution in [0.25, 0.3) is 11.1 Å². The third-order valence-electron chi connectivity index (χ3n) is 8.01. The number of hydrogen-bond donors (Lipinski definition) is 2. The highest BCUT2D eigenvalue weighted by atomic mass is 19.1. The van der Waals surface area contributed by atoms with Gasteiger partial charge in [-0.1, -0.05) is 32.0 Å². The molecule has 4 aromatic rings. The van der Waals surface area contributed by atoms with Crippen molar-refractivity contribution in [3.05, 3.63) is 118 Å². The molecule has 254 valence electrons. The van der Waals surface area contributed by atoms with E-state index >= 15 is 0 Å². The summed E-state index contributed by atoms with van der Waals surface area (Å²) in [4.78, 5) is 35.3. The molecule has 0 aliphatic carbocycles. The van der Waals surface area contributed by atoms with E-state index in [1.165, 1.54) is 17.0 Å². The van der Waals surface area contributed by atoms with Crippen molar-refractivity contribution in [1.82, 2.24) is 14.8 Å². The third kappa shape index (κ3) is 9.68. The molecule has 0 aliphatic heterocycles. The summed E-state index contributed by atoms with van der Waals surface area (Å²) < 4.78 is 32.9. The molecule has 2 atom stereocenters. The first-order valence-electron chi connectivity index (χ1n) is 16.2. The van der Waals surface area contributed by atoms with Crippen LogP contribution in [-0.4, -0.2) is 70.6 Å². The third-order valence-corrected chi connectivity index (χ3v) is 8.01. The standard InChI is InChI=1S/C38H44F2N4O4/c1-5-12-43(13-6-2)37(46)30-14-25(3)15-31(20-30)38(47)44(24-35(45)34(41)19-27-17-32(39)21-33(40)18-27)23-26-8-7-9-28(16-26)29-10-11-36(48-4)42-22-29/h7-11,14-18,20-22,34-35,45H,5-6,12-13,19,23-24,41H2,1-4H3/t34-,35+/m0/s1. The molecule has 0 unspecified atom stereocenters. The van der Waals surface area contributed by atoms with Gasteiger partial charge in [0.05, 0.1) is 13.2 Å². The van der Waals surface area contributed by atoms with Crippen LogP contribution in [-0.2, 0) is 13.0 Å². The van der Waals surface area contributed by atoms with Crippen LogP contribution in [0.2, 0.25) is 0 Å². The topological polar surface area (TPSA) is 109 Å². The van der Waals surface area contributed by atoms with E-state index in [9.17, 15) is 23.5 Å². The van der Waals surface area contributed by atoms with Crippen molar-refractivity contribution in [3.8, 4) is 17.0 Å². The number of carbonyl (C=O) groups is 2. The van der Waals surface area contributed by atoms with Crippen LogP contribution in [0, 0.1) is 18.6 Å². The van der Waals surface area contributed by atoms with E-state index in [0.29, 0.717) is 35.7 Å². The Bertz CT molecular complexity index is 1670. The van der Waals surface area contributed by atoms with Gasteiger partial charge in [-0.25, -0.2) is 13.8 Å². The zero-order valence-electron chi connectivity index (χ0n) is 28.0. The minimum Gasteiger partial charge on any atom is -0.481 e. The summed E-state index contributed by atoms with van der Waals surface area (Å²) in [6.45, 7) is 7.02. The molecule has 1 aromatic heterocycles. The van der Waals surface area contributed by atoms with E-state index in [1.807, 2.05) is 51.1 Å². The average Bonchev–Trinajstić information content (AvgIpc) is 3.06. The molecule has 4 rings (SSSR count). The lowest BCUT2D eigenvalue weighted by Crippen LogP contribution is -2.46. The number of benzene rings is 3. The van der Waals surface area contributed by atoms with Crippen LogP contribution < -0.4 is 10.5 Å². The fraction of sp³-hybridized carbons (Fsp3) is 0.342. The van der Waals surface area contributed by atoms with E-state index in [1.54, 1.807) is 42.5 Å². The summed E-state index contributed by atoms with van der Waals surface area (Å²) in [6, 6.07) is 18.5. The van der Waals surface area contributed by atoms with Crippen LogP contribution in [0.1, 0.15) is 64.1 Å². The van der Waals surface area contributed by atoms with E-state index in [2.05, 4.69) is 4.98 Å². The first-order valence-corrected chi connectivity index (χ1v) is 16.2. The fourth-order valence-electron chi connectivity index (χ4n) is 5.71. The first kappa shape index (κ1) is 36.2. The molecule has 0 bridgehead atoms. The van der Waals surface area contributed by atoms with E-state index in [-0.39, 0.29) is 25.4 Å². The Labute approximate surface area is 281 Å². The second-order valence-electron chi connectivity index (χ2n) is 12.1. The lowest BCUT2D eigenvalue weighted by Gasteiger charge is -2.29. The number of aryl methyl sites for hydroxylation is 1. The predicted octanol–water partition coefficient (Wildman–Crippen LogP) is 6.18. The molecule has 8 nitrogen and oxygen atoms in total. The summed E-state index contributed by atoms with van der Waals surface area (Å²) >= 11 is 0. The predicted molar refractivity (Wildman–Crippen MR) is 183 cm³/mol. The molecule has 0 radical (unpaired) electrons. The number of aromatic nitrogens is 1. The number of nitrogens with zero attached hydrogens (tertiary/aromatic N) is 3. The van der Waals surface area contributed by atoms with E-state index < -0.39 is 29.7 Å². The number of carbonyl (C=O) groups excluding carboxylic acids is 2. The molecular weight excluding hydrogens is 614 g/mol. The number of halogens is 2. The summed E-state index contributed by atoms with van der Waals surface area (Å²) in [5, 5.41) is 11.2. The highest BCUT2D eigenvalue weighted by Crippen LogP contribution is 2.24. The van der Waals surface area contributed by atoms with Gasteiger partial charge in [0, 0.05) is 67.2 Å². The van der Waals surface area contributed by atoms with E-state index in [4.69, 9.17) is 10.5 Å². The minimum absolute atomic E-state index is 0.00831. The lowest BCUT2D eigenvalue weighted by atomic mass is 10.00. The monoisotopic (exact) mass is 658 g/mol. The number of pyridine rings is 1. The molecule has 3 N–H and O–H groups in total. The Morgan fingerprint density at radius 1 is 0.854 bits per heavy atom. The number of aliphatic hydroxyl groups excluding tert-OH is 1. The number of amides is 2. The van der Waals surface area contributed by atoms with Crippen LogP contribution in [0.5, 0.6) is 5.88 Å². The van der Waals surface area contributed by atoms with Crippen LogP contribution >= 0.6 is 0 Å². The maximum Gasteiger partial charge on any atom is 0.254 e. The average molecular weight is 659 g/mol. The molecule has 0 saturated heterocycles. The molecule has 0 saturated carbocycles. The summed E-state index contributed by atoms with van der Waals surface area (Å²) in [5.74, 6) is -1.53. The second kappa shape index (κ2) is 16.9. The van der Waals surface area contributed by atoms with Crippen LogP contribution in [0.3, 0.4) is 0 Å². The quantitative estimate of drug-likeness (QED) is 0.158. The maximum absolute atomic E-state index is 14.3. The molecule has 3 aromatic carbocycles. The maximum atomic E-state index is 14.3. The van der Waals surface area contributed by atoms with Crippen molar-refractivity contribution in [2.45, 2.75) is 58.7 Å². The molecule has 10 heteroatoms. The van der Waals surface area contributed by atoms with Gasteiger partial charge in [0.2, 0.25) is 5.88 Å². The van der Waals surface area contributed by atoms with Crippen molar-refractivity contribution in [2.24, 2.45) is 5.73 Å². The van der Waals surface area contributed by atoms with E-state index in [0.717, 1.165) is 41.2 Å². The highest BCUT2D eigenvalue weighted by Gasteiger charge is 2.26. The number of nitrogens with two attached hydrogens (primary N) is 1. The summed E-state index contributed by atoms with van der Waals surface area (Å²) in [5.41, 5.74) is 10.6. The lowest BCUT2D eigenvalue weighted by molar-refractivity contribution is 0.0554. The smallest absolute Gasteiger partial charge is 0.254 e. The van der Waals surface area contributed by atoms with Crippen molar-refractivity contribution in [2.75, 3.05) is 26.7 Å². The molecule has 0 aliphatic rings. The first-order chi connectivity index (χ1) is 23.0. The van der Waals surface area contributed by atoms with Crippen molar-refractivity contribution < 1.29 is 28.2 Å². The zero-order valence-corrected chi connectivity index (χ0v) is 28.0. The fourth-order valence-corrected chi connectivity index (χ4v) is 5.71. The molecule has 48 heavy (non-hydrogen) atoms. The van der Waals surface area contributed by atoms with Crippen LogP contribution in [0.15, 0.2) is 79.0 Å². The molecule has 0 fully saturated rings. The molecule has 2 amide bonds. The summed E-state index contributed by atoms with van der Waals surface area (Å²) in [7, 11) is 1.55. The van der Waals surface area contributed by atoms with Gasteiger partial charge in [0.25, 0.3) is 11.8 Å². The molecule has 1 heterocycles. The van der Waals surface area contributed by atoms with Crippen LogP contribution in [0.4, 0.5) is 8.78 Å². The van der Waals surface area contributed by atoms with Gasteiger partial charge in [-0.15, -0.1) is 0 Å². The SMILES string of the molecule is CCCN(CCC)C(=O)c1cc(C)cc(C(=O)N(Cc2cccc(-c3ccc(OC)nc3)c2)C[C@@H](O)[C@@H](N)Cc2cc(F)cc(F)c2)c1. The zero-order chi connectivity index (χ0) is 34.8. The summed E-state index contributed by atoms with van der Waals surface area (Å²) in [6.07, 6.45) is 2.08. The number of rotatable bonds is 15.